The third-order valence-electron chi connectivity index (χ3n) is 3.49. The molecule has 0 aliphatic rings. The molecule has 0 saturated carbocycles. The summed E-state index contributed by atoms with van der Waals surface area (Å²) in [5, 5.41) is 22.0. The van der Waals surface area contributed by atoms with Crippen LogP contribution >= 0.6 is 0 Å². The van der Waals surface area contributed by atoms with Crippen molar-refractivity contribution in [1.82, 2.24) is 0 Å². The number of rotatable bonds is 9. The monoisotopic (exact) mass is 307 g/mol. The Labute approximate surface area is 131 Å². The van der Waals surface area contributed by atoms with Gasteiger partial charge in [0, 0.05) is 5.69 Å². The van der Waals surface area contributed by atoms with Crippen LogP contribution in [0, 0.1) is 0 Å². The minimum atomic E-state index is -0.966. The highest BCUT2D eigenvalue weighted by Crippen LogP contribution is 2.24. The van der Waals surface area contributed by atoms with Crippen LogP contribution in [0.3, 0.4) is 0 Å². The first-order valence-electron chi connectivity index (χ1n) is 7.71. The third-order valence-corrected chi connectivity index (χ3v) is 3.49. The molecule has 0 spiro atoms. The molecule has 0 radical (unpaired) electrons. The van der Waals surface area contributed by atoms with E-state index in [1.165, 1.54) is 0 Å². The molecule has 0 aliphatic heterocycles. The second-order valence-corrected chi connectivity index (χ2v) is 5.72. The van der Waals surface area contributed by atoms with Gasteiger partial charge in [0.25, 0.3) is 0 Å². The predicted octanol–water partition coefficient (Wildman–Crippen LogP) is 2.97. The Morgan fingerprint density at radius 3 is 2.36 bits per heavy atom. The van der Waals surface area contributed by atoms with Crippen LogP contribution in [0.4, 0.5) is 5.69 Å². The zero-order valence-corrected chi connectivity index (χ0v) is 13.3. The zero-order chi connectivity index (χ0) is 16.6. The highest BCUT2D eigenvalue weighted by atomic mass is 16.4. The molecule has 3 N–H and O–H groups in total. The molecule has 0 bridgehead atoms. The number of carboxylic acid groups (broad SMARTS) is 1. The maximum absolute atomic E-state index is 12.1. The summed E-state index contributed by atoms with van der Waals surface area (Å²) in [4.78, 5) is 22.8. The van der Waals surface area contributed by atoms with Crippen LogP contribution in [-0.2, 0) is 16.0 Å². The van der Waals surface area contributed by atoms with Crippen LogP contribution in [0.2, 0.25) is 0 Å². The van der Waals surface area contributed by atoms with Gasteiger partial charge in [0.2, 0.25) is 5.91 Å². The first-order valence-corrected chi connectivity index (χ1v) is 7.71. The van der Waals surface area contributed by atoms with E-state index >= 15 is 0 Å². The first kappa shape index (κ1) is 18.2. The lowest BCUT2D eigenvalue weighted by molar-refractivity contribution is -0.136. The van der Waals surface area contributed by atoms with E-state index in [0.717, 1.165) is 12.8 Å². The Morgan fingerprint density at radius 2 is 1.82 bits per heavy atom. The number of nitrogens with one attached hydrogen (secondary N) is 1. The van der Waals surface area contributed by atoms with Crippen LogP contribution in [0.25, 0.3) is 0 Å². The van der Waals surface area contributed by atoms with Gasteiger partial charge in [-0.1, -0.05) is 38.8 Å². The maximum atomic E-state index is 12.1. The Kier molecular flexibility index (Phi) is 7.05. The lowest BCUT2D eigenvalue weighted by Gasteiger charge is -2.26. The SMILES string of the molecule is CCCC(O)(CCC)CC(=O)Nc1cccc(CC(=O)O)c1. The number of hydrogen-bond acceptors (Lipinski definition) is 3. The smallest absolute Gasteiger partial charge is 0.307 e. The van der Waals surface area contributed by atoms with E-state index in [2.05, 4.69) is 5.32 Å². The van der Waals surface area contributed by atoms with E-state index in [0.29, 0.717) is 24.1 Å². The molecule has 0 fully saturated rings. The quantitative estimate of drug-likeness (QED) is 0.654. The summed E-state index contributed by atoms with van der Waals surface area (Å²) in [7, 11) is 0. The van der Waals surface area contributed by atoms with E-state index in [-0.39, 0.29) is 18.7 Å². The molecular formula is C17H25NO4. The van der Waals surface area contributed by atoms with Crippen LogP contribution in [0.15, 0.2) is 24.3 Å². The van der Waals surface area contributed by atoms with Gasteiger partial charge in [-0.05, 0) is 30.5 Å². The third kappa shape index (κ3) is 6.26. The highest BCUT2D eigenvalue weighted by molar-refractivity contribution is 5.91. The first-order chi connectivity index (χ1) is 10.4. The van der Waals surface area contributed by atoms with Gasteiger partial charge in [-0.25, -0.2) is 0 Å². The van der Waals surface area contributed by atoms with Crippen molar-refractivity contribution in [2.45, 2.75) is 58.0 Å². The molecule has 5 nitrogen and oxygen atoms in total. The van der Waals surface area contributed by atoms with Gasteiger partial charge in [-0.15, -0.1) is 0 Å². The lowest BCUT2D eigenvalue weighted by Crippen LogP contribution is -2.33. The summed E-state index contributed by atoms with van der Waals surface area (Å²) in [5.74, 6) is -1.17. The Bertz CT molecular complexity index is 507. The standard InChI is InChI=1S/C17H25NO4/c1-3-8-17(22,9-4-2)12-15(19)18-14-7-5-6-13(10-14)11-16(20)21/h5-7,10,22H,3-4,8-9,11-12H2,1-2H3,(H,18,19)(H,20,21). The van der Waals surface area contributed by atoms with E-state index in [9.17, 15) is 14.7 Å². The average Bonchev–Trinajstić information content (AvgIpc) is 2.37. The number of amides is 1. The molecule has 1 rings (SSSR count). The minimum absolute atomic E-state index is 0.0534. The molecule has 22 heavy (non-hydrogen) atoms. The van der Waals surface area contributed by atoms with Crippen molar-refractivity contribution in [3.05, 3.63) is 29.8 Å². The Hall–Kier alpha value is -1.88. The zero-order valence-electron chi connectivity index (χ0n) is 13.3. The van der Waals surface area contributed by atoms with Crippen molar-refractivity contribution in [3.8, 4) is 0 Å². The normalized spacial score (nSPS) is 11.2. The topological polar surface area (TPSA) is 86.6 Å². The summed E-state index contributed by atoms with van der Waals surface area (Å²) in [6.07, 6.45) is 2.79. The van der Waals surface area contributed by atoms with Gasteiger partial charge < -0.3 is 15.5 Å². The largest absolute Gasteiger partial charge is 0.481 e. The maximum Gasteiger partial charge on any atom is 0.307 e. The average molecular weight is 307 g/mol. The van der Waals surface area contributed by atoms with E-state index < -0.39 is 11.6 Å². The van der Waals surface area contributed by atoms with Gasteiger partial charge in [0.15, 0.2) is 0 Å². The number of carboxylic acids is 1. The fourth-order valence-electron chi connectivity index (χ4n) is 2.67. The van der Waals surface area contributed by atoms with Crippen LogP contribution in [0.5, 0.6) is 0 Å². The number of hydrogen-bond donors (Lipinski definition) is 3. The molecule has 1 amide bonds. The van der Waals surface area contributed by atoms with E-state index in [4.69, 9.17) is 5.11 Å². The lowest BCUT2D eigenvalue weighted by atomic mass is 9.89. The van der Waals surface area contributed by atoms with Crippen molar-refractivity contribution in [3.63, 3.8) is 0 Å². The molecule has 5 heteroatoms. The molecule has 0 aliphatic carbocycles. The second kappa shape index (κ2) is 8.54. The molecule has 0 heterocycles. The fourth-order valence-corrected chi connectivity index (χ4v) is 2.67. The van der Waals surface area contributed by atoms with Gasteiger partial charge in [-0.3, -0.25) is 9.59 Å². The predicted molar refractivity (Wildman–Crippen MR) is 85.8 cm³/mol. The summed E-state index contributed by atoms with van der Waals surface area (Å²) in [5.41, 5.74) is 0.216. The molecule has 1 aromatic carbocycles. The molecule has 0 atom stereocenters. The number of carbonyl (C=O) groups is 2. The van der Waals surface area contributed by atoms with Crippen molar-refractivity contribution >= 4 is 17.6 Å². The molecular weight excluding hydrogens is 282 g/mol. The highest BCUT2D eigenvalue weighted by Gasteiger charge is 2.28. The molecule has 122 valence electrons. The van der Waals surface area contributed by atoms with Gasteiger partial charge in [0.05, 0.1) is 18.4 Å². The number of aliphatic carboxylic acids is 1. The summed E-state index contributed by atoms with van der Waals surface area (Å²) in [6, 6.07) is 6.76. The van der Waals surface area contributed by atoms with Crippen molar-refractivity contribution in [1.29, 1.82) is 0 Å². The molecule has 1 aromatic rings. The second-order valence-electron chi connectivity index (χ2n) is 5.72. The summed E-state index contributed by atoms with van der Waals surface area (Å²) >= 11 is 0. The number of aliphatic hydroxyl groups is 1. The number of anilines is 1. The number of benzene rings is 1. The molecule has 0 saturated heterocycles. The Morgan fingerprint density at radius 1 is 1.18 bits per heavy atom. The van der Waals surface area contributed by atoms with Crippen molar-refractivity contribution < 1.29 is 19.8 Å². The van der Waals surface area contributed by atoms with E-state index in [1.54, 1.807) is 24.3 Å². The van der Waals surface area contributed by atoms with Crippen LogP contribution < -0.4 is 5.32 Å². The molecule has 0 aromatic heterocycles. The van der Waals surface area contributed by atoms with Crippen molar-refractivity contribution in [2.24, 2.45) is 0 Å². The van der Waals surface area contributed by atoms with Gasteiger partial charge >= 0.3 is 5.97 Å². The van der Waals surface area contributed by atoms with E-state index in [1.807, 2.05) is 13.8 Å². The minimum Gasteiger partial charge on any atom is -0.481 e. The summed E-state index contributed by atoms with van der Waals surface area (Å²) in [6.45, 7) is 3.96. The van der Waals surface area contributed by atoms with Gasteiger partial charge in [-0.2, -0.15) is 0 Å². The van der Waals surface area contributed by atoms with Crippen LogP contribution in [-0.4, -0.2) is 27.7 Å². The van der Waals surface area contributed by atoms with Crippen molar-refractivity contribution in [2.75, 3.05) is 5.32 Å². The number of carbonyl (C=O) groups excluding carboxylic acids is 1. The van der Waals surface area contributed by atoms with Gasteiger partial charge in [0.1, 0.15) is 0 Å². The Balaban J connectivity index is 2.69. The summed E-state index contributed by atoms with van der Waals surface area (Å²) < 4.78 is 0. The molecule has 0 unspecified atom stereocenters. The fraction of sp³-hybridized carbons (Fsp3) is 0.529. The van der Waals surface area contributed by atoms with Crippen LogP contribution in [0.1, 0.15) is 51.5 Å².